The molecule has 0 N–H and O–H groups in total. The SMILES string of the molecule is CCCCCCCCCCCCSc1cc2nc3c4cc(C(C)(C)C)cc5c6nc7cc(SCCCCCCCCCCCC)c(SCCCCCCCCCCCC)cc7nc6c6c(C(C)(C)C)ccc(c3nc2cc1SCCCCCCCCCCCC)c6c45. The molecule has 2 heterocycles. The highest BCUT2D eigenvalue weighted by Crippen LogP contribution is 2.49. The minimum absolute atomic E-state index is 0.119. The Kier molecular flexibility index (Phi) is 32.5. The maximum absolute atomic E-state index is 5.92. The van der Waals surface area contributed by atoms with E-state index in [-0.39, 0.29) is 10.8 Å². The van der Waals surface area contributed by atoms with E-state index < -0.39 is 0 Å². The molecule has 8 heteroatoms. The second kappa shape index (κ2) is 40.0. The predicted molar refractivity (Wildman–Crippen MR) is 419 cm³/mol. The van der Waals surface area contributed by atoms with Gasteiger partial charge in [0, 0.05) is 51.9 Å². The molecule has 8 aromatic rings. The average Bonchev–Trinajstić information content (AvgIpc) is 0.690. The van der Waals surface area contributed by atoms with Crippen LogP contribution >= 0.6 is 47.0 Å². The van der Waals surface area contributed by atoms with E-state index in [1.807, 2.05) is 0 Å². The summed E-state index contributed by atoms with van der Waals surface area (Å²) in [5.74, 6) is 4.58. The molecule has 0 unspecified atom stereocenters. The molecule has 0 atom stereocenters. The van der Waals surface area contributed by atoms with Gasteiger partial charge in [0.05, 0.1) is 44.1 Å². The normalized spacial score (nSPS) is 12.6. The highest BCUT2D eigenvalue weighted by Gasteiger charge is 2.29. The smallest absolute Gasteiger partial charge is 0.0982 e. The van der Waals surface area contributed by atoms with Crippen LogP contribution < -0.4 is 0 Å². The summed E-state index contributed by atoms with van der Waals surface area (Å²) in [6, 6.07) is 19.5. The molecule has 0 bridgehead atoms. The molecule has 0 saturated carbocycles. The number of rotatable bonds is 48. The zero-order valence-electron chi connectivity index (χ0n) is 60.2. The van der Waals surface area contributed by atoms with Gasteiger partial charge in [0.1, 0.15) is 0 Å². The van der Waals surface area contributed by atoms with Gasteiger partial charge in [0.25, 0.3) is 0 Å². The summed E-state index contributed by atoms with van der Waals surface area (Å²) < 4.78 is 0. The van der Waals surface area contributed by atoms with Gasteiger partial charge < -0.3 is 0 Å². The Morgan fingerprint density at radius 3 is 0.804 bits per heavy atom. The molecule has 0 aliphatic heterocycles. The van der Waals surface area contributed by atoms with E-state index in [0.29, 0.717) is 0 Å². The van der Waals surface area contributed by atoms with E-state index in [0.717, 1.165) is 67.1 Å². The summed E-state index contributed by atoms with van der Waals surface area (Å²) in [5.41, 5.74) is 10.4. The Morgan fingerprint density at radius 2 is 0.522 bits per heavy atom. The number of nitrogens with zero attached hydrogens (tertiary/aromatic N) is 4. The lowest BCUT2D eigenvalue weighted by Gasteiger charge is -2.26. The quantitative estimate of drug-likeness (QED) is 0.0162. The Bertz CT molecular complexity index is 3430. The predicted octanol–water partition coefficient (Wildman–Crippen LogP) is 29.4. The van der Waals surface area contributed by atoms with Crippen molar-refractivity contribution in [2.45, 2.75) is 356 Å². The Labute approximate surface area is 578 Å². The van der Waals surface area contributed by atoms with Gasteiger partial charge in [0.15, 0.2) is 0 Å². The lowest BCUT2D eigenvalue weighted by molar-refractivity contribution is 0.563. The fourth-order valence-corrected chi connectivity index (χ4v) is 18.6. The lowest BCUT2D eigenvalue weighted by Crippen LogP contribution is -2.13. The van der Waals surface area contributed by atoms with Gasteiger partial charge in [-0.3, -0.25) is 0 Å². The van der Waals surface area contributed by atoms with Crippen molar-refractivity contribution in [1.82, 2.24) is 19.9 Å². The van der Waals surface area contributed by atoms with Crippen LogP contribution in [0.4, 0.5) is 0 Å². The molecule has 506 valence electrons. The fraction of sp³-hybridized carbons (Fsp3) is 0.667. The number of benzene rings is 6. The van der Waals surface area contributed by atoms with Crippen molar-refractivity contribution in [3.8, 4) is 0 Å². The Morgan fingerprint density at radius 1 is 0.261 bits per heavy atom. The van der Waals surface area contributed by atoms with Crippen molar-refractivity contribution >= 4 is 123 Å². The standard InChI is InChI=1S/C84H126N4S4/c1-11-15-19-23-27-31-35-39-43-47-53-89-72-59-68-69(60-73(72)90-54-48-44-40-36-32-28-24-20-16-12-2)86-80-65-57-63(83(5,6)7)58-66-76(65)77-64(79(80)85-68)51-52-67(84(8,9)10)78(77)82-81(66)87-70-61-74(91-55-49-45-41-37-33-29-25-21-17-13-3)75(62-71(70)88-82)92-56-50-46-42-38-34-30-26-22-18-14-4/h51-52,57-62H,11-50,53-56H2,1-10H3. The Balaban J connectivity index is 1.17. The van der Waals surface area contributed by atoms with Crippen LogP contribution in [0.1, 0.15) is 337 Å². The van der Waals surface area contributed by atoms with E-state index in [1.54, 1.807) is 0 Å². The summed E-state index contributed by atoms with van der Waals surface area (Å²) in [6.07, 6.45) is 54.6. The number of hydrogen-bond donors (Lipinski definition) is 0. The summed E-state index contributed by atoms with van der Waals surface area (Å²) in [5, 5.41) is 7.31. The topological polar surface area (TPSA) is 51.6 Å². The van der Waals surface area contributed by atoms with Crippen molar-refractivity contribution < 1.29 is 0 Å². The van der Waals surface area contributed by atoms with Crippen LogP contribution in [0, 0.1) is 0 Å². The first-order chi connectivity index (χ1) is 44.9. The fourth-order valence-electron chi connectivity index (χ4n) is 14.1. The largest absolute Gasteiger partial charge is 0.244 e. The zero-order chi connectivity index (χ0) is 65.0. The first kappa shape index (κ1) is 74.7. The van der Waals surface area contributed by atoms with E-state index in [9.17, 15) is 0 Å². The van der Waals surface area contributed by atoms with Crippen LogP contribution in [0.5, 0.6) is 0 Å². The maximum atomic E-state index is 5.92. The highest BCUT2D eigenvalue weighted by molar-refractivity contribution is 8.02. The van der Waals surface area contributed by atoms with Gasteiger partial charge >= 0.3 is 0 Å². The van der Waals surface area contributed by atoms with Crippen molar-refractivity contribution in [2.75, 3.05) is 23.0 Å². The summed E-state index contributed by atoms with van der Waals surface area (Å²) in [6.45, 7) is 23.5. The van der Waals surface area contributed by atoms with Crippen LogP contribution in [0.2, 0.25) is 0 Å². The van der Waals surface area contributed by atoms with E-state index in [4.69, 9.17) is 19.9 Å². The number of hydrogen-bond acceptors (Lipinski definition) is 8. The number of thioether (sulfide) groups is 4. The van der Waals surface area contributed by atoms with E-state index in [2.05, 4.69) is 165 Å². The van der Waals surface area contributed by atoms with Gasteiger partial charge in [0.2, 0.25) is 0 Å². The zero-order valence-corrected chi connectivity index (χ0v) is 63.4. The molecule has 92 heavy (non-hydrogen) atoms. The molecule has 6 aromatic carbocycles. The molecule has 4 nitrogen and oxygen atoms in total. The minimum atomic E-state index is -0.149. The van der Waals surface area contributed by atoms with Crippen molar-refractivity contribution in [1.29, 1.82) is 0 Å². The number of aromatic nitrogens is 4. The van der Waals surface area contributed by atoms with E-state index in [1.165, 1.54) is 320 Å². The van der Waals surface area contributed by atoms with Gasteiger partial charge in [-0.25, -0.2) is 19.9 Å². The second-order valence-corrected chi connectivity index (χ2v) is 34.4. The van der Waals surface area contributed by atoms with Gasteiger partial charge in [-0.1, -0.05) is 313 Å². The third-order valence-electron chi connectivity index (χ3n) is 19.8. The molecule has 0 fully saturated rings. The highest BCUT2D eigenvalue weighted by atomic mass is 32.2. The van der Waals surface area contributed by atoms with Crippen LogP contribution in [0.15, 0.2) is 68.1 Å². The summed E-state index contributed by atoms with van der Waals surface area (Å²) in [7, 11) is 0. The molecule has 0 spiro atoms. The van der Waals surface area contributed by atoms with Crippen molar-refractivity contribution in [2.24, 2.45) is 0 Å². The molecule has 8 rings (SSSR count). The summed E-state index contributed by atoms with van der Waals surface area (Å²) in [4.78, 5) is 29.0. The Hall–Kier alpha value is -3.04. The molecular weight excluding hydrogens is 1190 g/mol. The molecule has 0 aliphatic rings. The molecular formula is C84H126N4S4. The van der Waals surface area contributed by atoms with Crippen LogP contribution in [0.3, 0.4) is 0 Å². The van der Waals surface area contributed by atoms with Crippen molar-refractivity contribution in [3.63, 3.8) is 0 Å². The number of fused-ring (bicyclic) bond motifs is 8. The van der Waals surface area contributed by atoms with Crippen LogP contribution in [0.25, 0.3) is 76.5 Å². The van der Waals surface area contributed by atoms with Crippen molar-refractivity contribution in [3.05, 3.63) is 59.7 Å². The monoisotopic (exact) mass is 1320 g/mol. The second-order valence-electron chi connectivity index (χ2n) is 29.9. The maximum Gasteiger partial charge on any atom is 0.0982 e. The lowest BCUT2D eigenvalue weighted by atomic mass is 9.78. The number of unbranched alkanes of at least 4 members (excludes halogenated alkanes) is 36. The van der Waals surface area contributed by atoms with Gasteiger partial charge in [-0.15, -0.1) is 47.0 Å². The van der Waals surface area contributed by atoms with E-state index >= 15 is 0 Å². The first-order valence-electron chi connectivity index (χ1n) is 38.5. The molecule has 0 aliphatic carbocycles. The molecule has 0 saturated heterocycles. The molecule has 0 radical (unpaired) electrons. The minimum Gasteiger partial charge on any atom is -0.244 e. The average molecular weight is 1320 g/mol. The molecule has 0 amide bonds. The summed E-state index contributed by atoms with van der Waals surface area (Å²) >= 11 is 8.27. The third-order valence-corrected chi connectivity index (χ3v) is 24.6. The first-order valence-corrected chi connectivity index (χ1v) is 42.4. The van der Waals surface area contributed by atoms with Crippen LogP contribution in [-0.2, 0) is 10.8 Å². The van der Waals surface area contributed by atoms with Crippen LogP contribution in [-0.4, -0.2) is 42.9 Å². The third kappa shape index (κ3) is 22.2. The van der Waals surface area contributed by atoms with Gasteiger partial charge in [-0.2, -0.15) is 0 Å². The molecule has 2 aromatic heterocycles. The van der Waals surface area contributed by atoms with Gasteiger partial charge in [-0.05, 0) is 107 Å².